The second-order valence-electron chi connectivity index (χ2n) is 3.77. The minimum atomic E-state index is -0.447. The van der Waals surface area contributed by atoms with Crippen molar-refractivity contribution < 1.29 is 4.92 Å². The molecule has 0 bridgehead atoms. The molecule has 0 spiro atoms. The van der Waals surface area contributed by atoms with E-state index in [1.807, 2.05) is 6.07 Å². The molecule has 2 rings (SSSR count). The molecular weight excluding hydrogens is 242 g/mol. The molecule has 0 saturated carbocycles. The maximum Gasteiger partial charge on any atom is 0.269 e. The molecule has 2 aromatic rings. The molecule has 0 atom stereocenters. The molecular formula is C14H9N3O2. The molecule has 0 saturated heterocycles. The summed E-state index contributed by atoms with van der Waals surface area (Å²) < 4.78 is 0. The van der Waals surface area contributed by atoms with E-state index in [0.29, 0.717) is 11.3 Å². The van der Waals surface area contributed by atoms with E-state index in [2.05, 4.69) is 4.99 Å². The molecule has 0 N–H and O–H groups in total. The van der Waals surface area contributed by atoms with Gasteiger partial charge in [-0.15, -0.1) is 0 Å². The van der Waals surface area contributed by atoms with Crippen LogP contribution in [0.15, 0.2) is 53.5 Å². The van der Waals surface area contributed by atoms with E-state index in [1.165, 1.54) is 12.1 Å². The van der Waals surface area contributed by atoms with E-state index in [4.69, 9.17) is 5.26 Å². The van der Waals surface area contributed by atoms with Gasteiger partial charge in [-0.05, 0) is 35.9 Å². The normalized spacial score (nSPS) is 10.3. The Kier molecular flexibility index (Phi) is 3.64. The fourth-order valence-corrected chi connectivity index (χ4v) is 1.49. The van der Waals surface area contributed by atoms with Gasteiger partial charge >= 0.3 is 0 Å². The van der Waals surface area contributed by atoms with Gasteiger partial charge in [-0.3, -0.25) is 15.1 Å². The Morgan fingerprint density at radius 1 is 1.21 bits per heavy atom. The molecule has 2 aromatic carbocycles. The summed E-state index contributed by atoms with van der Waals surface area (Å²) in [6.45, 7) is 0. The predicted octanol–water partition coefficient (Wildman–Crippen LogP) is 3.22. The van der Waals surface area contributed by atoms with Crippen molar-refractivity contribution in [3.8, 4) is 6.07 Å². The number of nitro benzene ring substituents is 1. The van der Waals surface area contributed by atoms with Crippen LogP contribution < -0.4 is 0 Å². The van der Waals surface area contributed by atoms with E-state index in [-0.39, 0.29) is 5.69 Å². The van der Waals surface area contributed by atoms with E-state index < -0.39 is 4.92 Å². The first-order chi connectivity index (χ1) is 9.19. The third-order valence-corrected chi connectivity index (χ3v) is 2.44. The van der Waals surface area contributed by atoms with Crippen LogP contribution in [0.1, 0.15) is 11.1 Å². The Morgan fingerprint density at radius 3 is 2.58 bits per heavy atom. The number of non-ortho nitro benzene ring substituents is 1. The van der Waals surface area contributed by atoms with Gasteiger partial charge in [0.05, 0.1) is 22.2 Å². The molecule has 0 unspecified atom stereocenters. The van der Waals surface area contributed by atoms with E-state index in [1.54, 1.807) is 42.6 Å². The van der Waals surface area contributed by atoms with Crippen molar-refractivity contribution in [2.24, 2.45) is 4.99 Å². The van der Waals surface area contributed by atoms with Crippen LogP contribution in [0.3, 0.4) is 0 Å². The van der Waals surface area contributed by atoms with Crippen molar-refractivity contribution in [3.63, 3.8) is 0 Å². The highest BCUT2D eigenvalue weighted by Gasteiger charge is 2.02. The second kappa shape index (κ2) is 5.56. The van der Waals surface area contributed by atoms with E-state index >= 15 is 0 Å². The van der Waals surface area contributed by atoms with Gasteiger partial charge in [-0.2, -0.15) is 5.26 Å². The lowest BCUT2D eigenvalue weighted by Crippen LogP contribution is -1.88. The number of nitriles is 1. The van der Waals surface area contributed by atoms with Crippen LogP contribution in [0.4, 0.5) is 11.4 Å². The highest BCUT2D eigenvalue weighted by molar-refractivity contribution is 5.82. The molecule has 5 nitrogen and oxygen atoms in total. The molecule has 0 aromatic heterocycles. The number of nitrogens with zero attached hydrogens (tertiary/aromatic N) is 3. The fourth-order valence-electron chi connectivity index (χ4n) is 1.49. The second-order valence-corrected chi connectivity index (χ2v) is 3.77. The smallest absolute Gasteiger partial charge is 0.258 e. The number of rotatable bonds is 3. The molecule has 0 aliphatic heterocycles. The van der Waals surface area contributed by atoms with E-state index in [0.717, 1.165) is 5.56 Å². The summed E-state index contributed by atoms with van der Waals surface area (Å²) in [6.07, 6.45) is 1.60. The molecule has 0 aliphatic carbocycles. The molecule has 92 valence electrons. The summed E-state index contributed by atoms with van der Waals surface area (Å²) in [5, 5.41) is 19.3. The monoisotopic (exact) mass is 251 g/mol. The first-order valence-electron chi connectivity index (χ1n) is 5.48. The maximum absolute atomic E-state index is 10.5. The highest BCUT2D eigenvalue weighted by atomic mass is 16.6. The first kappa shape index (κ1) is 12.5. The van der Waals surface area contributed by atoms with Gasteiger partial charge in [0.15, 0.2) is 0 Å². The van der Waals surface area contributed by atoms with Crippen LogP contribution in [0, 0.1) is 21.4 Å². The quantitative estimate of drug-likeness (QED) is 0.477. The van der Waals surface area contributed by atoms with Gasteiger partial charge in [0.1, 0.15) is 0 Å². The molecule has 19 heavy (non-hydrogen) atoms. The Morgan fingerprint density at radius 2 is 1.95 bits per heavy atom. The molecule has 5 heteroatoms. The summed E-state index contributed by atoms with van der Waals surface area (Å²) in [4.78, 5) is 14.3. The molecule has 0 heterocycles. The van der Waals surface area contributed by atoms with Crippen molar-refractivity contribution in [2.45, 2.75) is 0 Å². The zero-order valence-electron chi connectivity index (χ0n) is 9.85. The zero-order chi connectivity index (χ0) is 13.7. The van der Waals surface area contributed by atoms with Crippen LogP contribution in [0.2, 0.25) is 0 Å². The van der Waals surface area contributed by atoms with Gasteiger partial charge in [-0.25, -0.2) is 0 Å². The molecule has 0 radical (unpaired) electrons. The SMILES string of the molecule is N#Cc1cccc(N=Cc2ccc([N+](=O)[O-])cc2)c1. The standard InChI is InChI=1S/C14H9N3O2/c15-9-12-2-1-3-13(8-12)16-10-11-4-6-14(7-5-11)17(18)19/h1-8,10H. The van der Waals surface area contributed by atoms with Crippen molar-refractivity contribution in [1.82, 2.24) is 0 Å². The van der Waals surface area contributed by atoms with E-state index in [9.17, 15) is 10.1 Å². The maximum atomic E-state index is 10.5. The summed E-state index contributed by atoms with van der Waals surface area (Å²) in [6, 6.07) is 15.0. The Balaban J connectivity index is 2.18. The number of nitro groups is 1. The third kappa shape index (κ3) is 3.23. The summed E-state index contributed by atoms with van der Waals surface area (Å²) in [5.41, 5.74) is 2.01. The lowest BCUT2D eigenvalue weighted by atomic mass is 10.2. The van der Waals surface area contributed by atoms with Gasteiger partial charge in [0.2, 0.25) is 0 Å². The Bertz CT molecular complexity index is 670. The lowest BCUT2D eigenvalue weighted by molar-refractivity contribution is -0.384. The summed E-state index contributed by atoms with van der Waals surface area (Å²) in [5.74, 6) is 0. The molecule has 0 amide bonds. The predicted molar refractivity (Wildman–Crippen MR) is 71.5 cm³/mol. The van der Waals surface area contributed by atoms with Gasteiger partial charge in [0, 0.05) is 18.3 Å². The Hall–Kier alpha value is -3.00. The Labute approximate surface area is 109 Å². The minimum Gasteiger partial charge on any atom is -0.258 e. The van der Waals surface area contributed by atoms with Crippen LogP contribution in [-0.2, 0) is 0 Å². The third-order valence-electron chi connectivity index (χ3n) is 2.44. The summed E-state index contributed by atoms with van der Waals surface area (Å²) >= 11 is 0. The van der Waals surface area contributed by atoms with Gasteiger partial charge < -0.3 is 0 Å². The topological polar surface area (TPSA) is 79.3 Å². The summed E-state index contributed by atoms with van der Waals surface area (Å²) in [7, 11) is 0. The van der Waals surface area contributed by atoms with Crippen LogP contribution in [0.5, 0.6) is 0 Å². The number of benzene rings is 2. The highest BCUT2D eigenvalue weighted by Crippen LogP contribution is 2.15. The minimum absolute atomic E-state index is 0.0450. The van der Waals surface area contributed by atoms with Crippen molar-refractivity contribution >= 4 is 17.6 Å². The first-order valence-corrected chi connectivity index (χ1v) is 5.48. The van der Waals surface area contributed by atoms with Crippen molar-refractivity contribution in [2.75, 3.05) is 0 Å². The van der Waals surface area contributed by atoms with Gasteiger partial charge in [0.25, 0.3) is 5.69 Å². The lowest BCUT2D eigenvalue weighted by Gasteiger charge is -1.95. The molecule has 0 fully saturated rings. The van der Waals surface area contributed by atoms with Crippen molar-refractivity contribution in [1.29, 1.82) is 5.26 Å². The number of hydrogen-bond donors (Lipinski definition) is 0. The van der Waals surface area contributed by atoms with Crippen LogP contribution >= 0.6 is 0 Å². The average Bonchev–Trinajstić information content (AvgIpc) is 2.46. The van der Waals surface area contributed by atoms with Crippen molar-refractivity contribution in [3.05, 3.63) is 69.8 Å². The van der Waals surface area contributed by atoms with Gasteiger partial charge in [-0.1, -0.05) is 6.07 Å². The van der Waals surface area contributed by atoms with Crippen LogP contribution in [-0.4, -0.2) is 11.1 Å². The molecule has 0 aliphatic rings. The number of aliphatic imine (C=N–C) groups is 1. The van der Waals surface area contributed by atoms with Crippen LogP contribution in [0.25, 0.3) is 0 Å². The average molecular weight is 251 g/mol. The fraction of sp³-hybridized carbons (Fsp3) is 0. The number of hydrogen-bond acceptors (Lipinski definition) is 4. The zero-order valence-corrected chi connectivity index (χ0v) is 9.85. The largest absolute Gasteiger partial charge is 0.269 e.